The maximum atomic E-state index is 12.3. The van der Waals surface area contributed by atoms with Gasteiger partial charge in [-0.3, -0.25) is 4.79 Å². The second kappa shape index (κ2) is 10.7. The van der Waals surface area contributed by atoms with Crippen molar-refractivity contribution in [3.8, 4) is 11.5 Å². The Morgan fingerprint density at radius 1 is 1.00 bits per heavy atom. The molecule has 170 valence electrons. The molecular weight excluding hydrogens is 418 g/mol. The van der Waals surface area contributed by atoms with Gasteiger partial charge in [0.2, 0.25) is 0 Å². The van der Waals surface area contributed by atoms with E-state index in [1.165, 1.54) is 0 Å². The molecule has 1 atom stereocenters. The maximum Gasteiger partial charge on any atom is 0.251 e. The number of aliphatic hydroxyl groups excluding tert-OH is 1. The Kier molecular flexibility index (Phi) is 7.22. The molecule has 0 radical (unpaired) electrons. The summed E-state index contributed by atoms with van der Waals surface area (Å²) >= 11 is 0. The first kappa shape index (κ1) is 22.4. The fourth-order valence-corrected chi connectivity index (χ4v) is 3.63. The highest BCUT2D eigenvalue weighted by molar-refractivity contribution is 5.94. The minimum atomic E-state index is -0.734. The molecule has 1 heterocycles. The molecule has 0 saturated carbocycles. The quantitative estimate of drug-likeness (QED) is 0.391. The third-order valence-corrected chi connectivity index (χ3v) is 5.30. The topological polar surface area (TPSA) is 85.6 Å². The summed E-state index contributed by atoms with van der Waals surface area (Å²) in [5.74, 6) is 2.09. The number of imidazole rings is 1. The Balaban J connectivity index is 1.40. The number of hydrogen-bond donors (Lipinski definition) is 2. The lowest BCUT2D eigenvalue weighted by atomic mass is 10.2. The number of nitrogens with zero attached hydrogens (tertiary/aromatic N) is 2. The third kappa shape index (κ3) is 5.70. The van der Waals surface area contributed by atoms with E-state index in [4.69, 9.17) is 14.5 Å². The van der Waals surface area contributed by atoms with Gasteiger partial charge in [0.25, 0.3) is 5.91 Å². The molecule has 2 N–H and O–H groups in total. The van der Waals surface area contributed by atoms with Gasteiger partial charge >= 0.3 is 0 Å². The molecule has 1 unspecified atom stereocenters. The molecule has 0 aliphatic carbocycles. The molecule has 4 aromatic rings. The van der Waals surface area contributed by atoms with Gasteiger partial charge in [-0.1, -0.05) is 30.3 Å². The van der Waals surface area contributed by atoms with Crippen LogP contribution in [0.2, 0.25) is 0 Å². The predicted octanol–water partition coefficient (Wildman–Crippen LogP) is 3.46. The van der Waals surface area contributed by atoms with Gasteiger partial charge < -0.3 is 24.5 Å². The number of ether oxygens (including phenoxy) is 2. The van der Waals surface area contributed by atoms with Crippen LogP contribution in [-0.4, -0.2) is 46.9 Å². The van der Waals surface area contributed by atoms with Crippen LogP contribution in [0.3, 0.4) is 0 Å². The molecule has 33 heavy (non-hydrogen) atoms. The fraction of sp³-hybridized carbons (Fsp3) is 0.231. The van der Waals surface area contributed by atoms with Crippen molar-refractivity contribution < 1.29 is 19.4 Å². The van der Waals surface area contributed by atoms with E-state index >= 15 is 0 Å². The lowest BCUT2D eigenvalue weighted by Crippen LogP contribution is -2.28. The van der Waals surface area contributed by atoms with E-state index in [0.717, 1.165) is 22.6 Å². The Morgan fingerprint density at radius 2 is 1.70 bits per heavy atom. The Bertz CT molecular complexity index is 1190. The van der Waals surface area contributed by atoms with E-state index in [0.29, 0.717) is 30.8 Å². The van der Waals surface area contributed by atoms with E-state index in [1.807, 2.05) is 59.2 Å². The van der Waals surface area contributed by atoms with Crippen LogP contribution in [0, 0.1) is 0 Å². The summed E-state index contributed by atoms with van der Waals surface area (Å²) in [6.07, 6.45) is -0.193. The van der Waals surface area contributed by atoms with Gasteiger partial charge in [-0.05, 0) is 48.5 Å². The number of nitrogens with one attached hydrogen (secondary N) is 1. The summed E-state index contributed by atoms with van der Waals surface area (Å²) in [5, 5.41) is 13.6. The highest BCUT2D eigenvalue weighted by Gasteiger charge is 2.15. The van der Waals surface area contributed by atoms with Crippen LogP contribution in [0.4, 0.5) is 0 Å². The van der Waals surface area contributed by atoms with Gasteiger partial charge in [0.05, 0.1) is 24.7 Å². The number of carbonyl (C=O) groups is 1. The molecule has 1 amide bonds. The summed E-state index contributed by atoms with van der Waals surface area (Å²) in [6, 6.07) is 24.1. The number of carbonyl (C=O) groups excluding carboxylic acids is 1. The maximum absolute atomic E-state index is 12.3. The number of rotatable bonds is 10. The van der Waals surface area contributed by atoms with E-state index in [1.54, 1.807) is 31.4 Å². The molecule has 0 fully saturated rings. The summed E-state index contributed by atoms with van der Waals surface area (Å²) in [4.78, 5) is 17.0. The Morgan fingerprint density at radius 3 is 2.45 bits per heavy atom. The van der Waals surface area contributed by atoms with E-state index in [9.17, 15) is 9.90 Å². The van der Waals surface area contributed by atoms with Gasteiger partial charge in [-0.15, -0.1) is 0 Å². The number of aromatic nitrogens is 2. The molecule has 0 saturated heterocycles. The van der Waals surface area contributed by atoms with Crippen LogP contribution in [-0.2, 0) is 13.0 Å². The van der Waals surface area contributed by atoms with Gasteiger partial charge in [0, 0.05) is 18.5 Å². The van der Waals surface area contributed by atoms with Crippen LogP contribution >= 0.6 is 0 Å². The van der Waals surface area contributed by atoms with E-state index in [-0.39, 0.29) is 12.5 Å². The average molecular weight is 446 g/mol. The number of amides is 1. The van der Waals surface area contributed by atoms with Crippen molar-refractivity contribution in [2.75, 3.05) is 20.3 Å². The van der Waals surface area contributed by atoms with Crippen LogP contribution in [0.15, 0.2) is 78.9 Å². The first-order valence-corrected chi connectivity index (χ1v) is 10.9. The lowest BCUT2D eigenvalue weighted by Gasteiger charge is -2.16. The van der Waals surface area contributed by atoms with Gasteiger partial charge in [0.15, 0.2) is 0 Å². The highest BCUT2D eigenvalue weighted by Crippen LogP contribution is 2.19. The average Bonchev–Trinajstić information content (AvgIpc) is 3.20. The van der Waals surface area contributed by atoms with Crippen molar-refractivity contribution in [3.05, 3.63) is 90.3 Å². The Labute approximate surface area is 192 Å². The zero-order chi connectivity index (χ0) is 23.0. The van der Waals surface area contributed by atoms with Crippen molar-refractivity contribution in [2.24, 2.45) is 0 Å². The van der Waals surface area contributed by atoms with Crippen LogP contribution < -0.4 is 14.8 Å². The number of methoxy groups -OCH3 is 1. The molecule has 0 spiro atoms. The van der Waals surface area contributed by atoms with E-state index < -0.39 is 6.10 Å². The van der Waals surface area contributed by atoms with Gasteiger partial charge in [-0.25, -0.2) is 4.98 Å². The smallest absolute Gasteiger partial charge is 0.251 e. The van der Waals surface area contributed by atoms with Crippen molar-refractivity contribution in [3.63, 3.8) is 0 Å². The predicted molar refractivity (Wildman–Crippen MR) is 127 cm³/mol. The molecule has 0 aliphatic heterocycles. The molecule has 7 nitrogen and oxygen atoms in total. The largest absolute Gasteiger partial charge is 0.497 e. The summed E-state index contributed by atoms with van der Waals surface area (Å²) in [7, 11) is 1.61. The highest BCUT2D eigenvalue weighted by atomic mass is 16.5. The molecule has 0 bridgehead atoms. The zero-order valence-corrected chi connectivity index (χ0v) is 18.5. The van der Waals surface area contributed by atoms with Crippen LogP contribution in [0.1, 0.15) is 16.2 Å². The van der Waals surface area contributed by atoms with E-state index in [2.05, 4.69) is 5.32 Å². The number of hydrogen-bond acceptors (Lipinski definition) is 5. The second-order valence-corrected chi connectivity index (χ2v) is 7.64. The molecular formula is C26H27N3O4. The summed E-state index contributed by atoms with van der Waals surface area (Å²) in [6.45, 7) is 0.914. The Hall–Kier alpha value is -3.84. The van der Waals surface area contributed by atoms with Crippen molar-refractivity contribution in [1.82, 2.24) is 14.9 Å². The number of benzene rings is 3. The lowest BCUT2D eigenvalue weighted by molar-refractivity contribution is 0.0922. The minimum Gasteiger partial charge on any atom is -0.497 e. The number of para-hydroxylation sites is 2. The molecule has 4 rings (SSSR count). The monoisotopic (exact) mass is 445 g/mol. The van der Waals surface area contributed by atoms with Gasteiger partial charge in [-0.2, -0.15) is 0 Å². The second-order valence-electron chi connectivity index (χ2n) is 7.64. The van der Waals surface area contributed by atoms with Gasteiger partial charge in [0.1, 0.15) is 30.0 Å². The fourth-order valence-electron chi connectivity index (χ4n) is 3.63. The standard InChI is InChI=1S/C26H27N3O4/c1-32-21-11-13-22(14-12-21)33-18-20(30)17-29-24-10-6-5-9-23(24)28-25(29)15-16-27-26(31)19-7-3-2-4-8-19/h2-14,20,30H,15-18H2,1H3,(H,27,31). The van der Waals surface area contributed by atoms with Crippen molar-refractivity contribution in [2.45, 2.75) is 19.1 Å². The number of aliphatic hydroxyl groups is 1. The minimum absolute atomic E-state index is 0.119. The SMILES string of the molecule is COc1ccc(OCC(O)Cn2c(CCNC(=O)c3ccccc3)nc3ccccc32)cc1. The van der Waals surface area contributed by atoms with Crippen LogP contribution in [0.5, 0.6) is 11.5 Å². The van der Waals surface area contributed by atoms with Crippen molar-refractivity contribution in [1.29, 1.82) is 0 Å². The molecule has 1 aromatic heterocycles. The first-order valence-electron chi connectivity index (χ1n) is 10.9. The molecule has 7 heteroatoms. The van der Waals surface area contributed by atoms with Crippen molar-refractivity contribution >= 4 is 16.9 Å². The third-order valence-electron chi connectivity index (χ3n) is 5.30. The number of fused-ring (bicyclic) bond motifs is 1. The normalized spacial score (nSPS) is 11.8. The summed E-state index contributed by atoms with van der Waals surface area (Å²) in [5.41, 5.74) is 2.41. The molecule has 0 aliphatic rings. The summed E-state index contributed by atoms with van der Waals surface area (Å²) < 4.78 is 12.9. The zero-order valence-electron chi connectivity index (χ0n) is 18.5. The van der Waals surface area contributed by atoms with Crippen LogP contribution in [0.25, 0.3) is 11.0 Å². The molecule has 3 aromatic carbocycles. The first-order chi connectivity index (χ1) is 16.1.